The van der Waals surface area contributed by atoms with Gasteiger partial charge in [0.1, 0.15) is 73.2 Å². The molecule has 0 aromatic carbocycles. The predicted octanol–water partition coefficient (Wildman–Crippen LogP) is 16.0. The van der Waals surface area contributed by atoms with Gasteiger partial charge in [-0.2, -0.15) is 0 Å². The highest BCUT2D eigenvalue weighted by atomic mass is 16.8. The molecule has 0 spiro atoms. The molecule has 17 unspecified atom stereocenters. The quantitative estimate of drug-likeness (QED) is 0.0199. The summed E-state index contributed by atoms with van der Waals surface area (Å²) in [6.45, 7) is 1.66. The normalized spacial score (nSPS) is 25.9. The zero-order valence-corrected chi connectivity index (χ0v) is 67.1. The maximum Gasteiger partial charge on any atom is 0.220 e. The molecule has 19 heteroatoms. The Morgan fingerprint density at radius 2 is 0.654 bits per heavy atom. The fourth-order valence-electron chi connectivity index (χ4n) is 14.6. The van der Waals surface area contributed by atoms with Crippen LogP contribution in [0.25, 0.3) is 0 Å². The van der Waals surface area contributed by atoms with E-state index in [-0.39, 0.29) is 18.9 Å². The molecule has 624 valence electrons. The molecule has 1 amide bonds. The molecule has 0 aromatic heterocycles. The largest absolute Gasteiger partial charge is 0.394 e. The molecule has 12 N–H and O–H groups in total. The first-order valence-electron chi connectivity index (χ1n) is 43.7. The van der Waals surface area contributed by atoms with Gasteiger partial charge in [-0.3, -0.25) is 4.79 Å². The monoisotopic (exact) mass is 1520 g/mol. The first-order valence-corrected chi connectivity index (χ1v) is 43.7. The third-order valence-electron chi connectivity index (χ3n) is 21.5. The Labute approximate surface area is 648 Å². The molecule has 0 bridgehead atoms. The highest BCUT2D eigenvalue weighted by Crippen LogP contribution is 2.33. The second-order valence-electron chi connectivity index (χ2n) is 31.0. The molecule has 3 saturated heterocycles. The molecule has 0 aromatic rings. The van der Waals surface area contributed by atoms with E-state index >= 15 is 0 Å². The molecular formula is C88H159NO18. The maximum absolute atomic E-state index is 13.5. The Morgan fingerprint density at radius 3 is 1.05 bits per heavy atom. The van der Waals surface area contributed by atoms with E-state index in [2.05, 4.69) is 79.9 Å². The van der Waals surface area contributed by atoms with Crippen LogP contribution in [0.15, 0.2) is 72.9 Å². The minimum absolute atomic E-state index is 0.236. The number of amides is 1. The Balaban J connectivity index is 1.35. The van der Waals surface area contributed by atoms with Crippen LogP contribution in [0, 0.1) is 0 Å². The van der Waals surface area contributed by atoms with Gasteiger partial charge in [0.05, 0.1) is 38.6 Å². The van der Waals surface area contributed by atoms with Crippen LogP contribution in [0.5, 0.6) is 0 Å². The van der Waals surface area contributed by atoms with Crippen molar-refractivity contribution < 1.29 is 89.4 Å². The number of aliphatic hydroxyl groups is 11. The van der Waals surface area contributed by atoms with E-state index in [4.69, 9.17) is 28.4 Å². The van der Waals surface area contributed by atoms with Crippen LogP contribution < -0.4 is 5.32 Å². The molecule has 0 saturated carbocycles. The van der Waals surface area contributed by atoms with E-state index in [1.807, 2.05) is 6.08 Å². The van der Waals surface area contributed by atoms with Crippen molar-refractivity contribution in [3.05, 3.63) is 72.9 Å². The Kier molecular flexibility index (Phi) is 62.3. The fourth-order valence-corrected chi connectivity index (χ4v) is 14.6. The first kappa shape index (κ1) is 98.4. The fraction of sp³-hybridized carbons (Fsp3) is 0.852. The summed E-state index contributed by atoms with van der Waals surface area (Å²) >= 11 is 0. The van der Waals surface area contributed by atoms with Crippen molar-refractivity contribution in [1.29, 1.82) is 0 Å². The first-order chi connectivity index (χ1) is 52.3. The minimum Gasteiger partial charge on any atom is -0.394 e. The molecule has 0 aliphatic carbocycles. The number of allylic oxidation sites excluding steroid dienone is 11. The van der Waals surface area contributed by atoms with E-state index in [0.717, 1.165) is 64.2 Å². The molecule has 17 atom stereocenters. The molecule has 3 aliphatic rings. The van der Waals surface area contributed by atoms with Gasteiger partial charge in [-0.1, -0.05) is 344 Å². The highest BCUT2D eigenvalue weighted by Gasteiger charge is 2.54. The second-order valence-corrected chi connectivity index (χ2v) is 31.0. The summed E-state index contributed by atoms with van der Waals surface area (Å²) < 4.78 is 34.5. The maximum atomic E-state index is 13.5. The number of carbonyl (C=O) groups excluding carboxylic acids is 1. The number of hydrogen-bond donors (Lipinski definition) is 12. The smallest absolute Gasteiger partial charge is 0.220 e. The van der Waals surface area contributed by atoms with Crippen LogP contribution >= 0.6 is 0 Å². The summed E-state index contributed by atoms with van der Waals surface area (Å²) in [6.07, 6.45) is 63.4. The Morgan fingerprint density at radius 1 is 0.346 bits per heavy atom. The summed E-state index contributed by atoms with van der Waals surface area (Å²) in [4.78, 5) is 13.5. The number of rotatable bonds is 70. The average molecular weight is 1520 g/mol. The highest BCUT2D eigenvalue weighted by molar-refractivity contribution is 5.76. The van der Waals surface area contributed by atoms with E-state index < -0.39 is 124 Å². The molecule has 3 fully saturated rings. The van der Waals surface area contributed by atoms with Gasteiger partial charge in [-0.15, -0.1) is 0 Å². The van der Waals surface area contributed by atoms with Gasteiger partial charge in [-0.25, -0.2) is 0 Å². The lowest BCUT2D eigenvalue weighted by atomic mass is 9.96. The topological polar surface area (TPSA) is 307 Å². The number of hydrogen-bond acceptors (Lipinski definition) is 18. The molecular weight excluding hydrogens is 1360 g/mol. The van der Waals surface area contributed by atoms with Crippen molar-refractivity contribution >= 4 is 5.91 Å². The number of carbonyl (C=O) groups is 1. The molecule has 3 aliphatic heterocycles. The van der Waals surface area contributed by atoms with Crippen LogP contribution in [0.2, 0.25) is 0 Å². The van der Waals surface area contributed by atoms with E-state index in [1.54, 1.807) is 6.08 Å². The van der Waals surface area contributed by atoms with Crippen LogP contribution in [-0.2, 0) is 33.2 Å². The van der Waals surface area contributed by atoms with Gasteiger partial charge in [0.2, 0.25) is 5.91 Å². The zero-order valence-electron chi connectivity index (χ0n) is 67.1. The van der Waals surface area contributed by atoms with Gasteiger partial charge in [0.15, 0.2) is 18.9 Å². The SMILES string of the molecule is CC/C=C\C/C=C\C/C=C\C/C=C\CCCCCCCCCCCCCCCCCCCCCCC(=O)NC(COC1OC(CO)C(OC2OC(CO)C(OC3OC(CO)C(O)C(O)C3O)C(O)C2O)C(O)C1O)C(O)/C=C/CC/C=C/CCCCCCCCCCCCCCCCCCCCCCCCC. The molecule has 3 heterocycles. The summed E-state index contributed by atoms with van der Waals surface area (Å²) in [7, 11) is 0. The average Bonchev–Trinajstić information content (AvgIpc) is 0.782. The van der Waals surface area contributed by atoms with Crippen molar-refractivity contribution in [3.8, 4) is 0 Å². The number of nitrogens with one attached hydrogen (secondary N) is 1. The number of aliphatic hydroxyl groups excluding tert-OH is 11. The van der Waals surface area contributed by atoms with Crippen molar-refractivity contribution in [2.45, 2.75) is 452 Å². The molecule has 0 radical (unpaired) electrons. The Bertz CT molecular complexity index is 2210. The summed E-state index contributed by atoms with van der Waals surface area (Å²) in [5.74, 6) is -0.281. The van der Waals surface area contributed by atoms with Gasteiger partial charge in [0.25, 0.3) is 0 Å². The minimum atomic E-state index is -1.98. The van der Waals surface area contributed by atoms with Crippen molar-refractivity contribution in [3.63, 3.8) is 0 Å². The Hall–Kier alpha value is -2.77. The number of ether oxygens (including phenoxy) is 6. The summed E-state index contributed by atoms with van der Waals surface area (Å²) in [5.41, 5.74) is 0. The standard InChI is InChI=1S/C88H159NO18/c1-3-5-7-9-11-13-15-17-19-21-23-25-27-29-31-33-34-35-36-38-40-42-44-46-48-50-52-54-56-58-60-62-64-66-76(94)89-71(72(93)65-63-61-59-57-55-53-51-49-47-45-43-41-39-37-32-30-28-26-24-22-20-18-16-14-12-10-8-6-4-2)70-102-86-82(100)79(97)84(74(68-91)104-86)107-88-83(101)80(98)85(75(69-92)105-88)106-87-81(99)78(96)77(95)73(67-90)103-87/h5,7,11,13,17,19,23,25,55,57,63,65,71-75,77-88,90-93,95-101H,3-4,6,8-10,12,14-16,18,20-22,24,26-54,56,58-62,64,66-70H2,1-2H3,(H,89,94)/b7-5-,13-11-,19-17-,25-23-,57-55+,65-63+. The zero-order chi connectivity index (χ0) is 77.4. The van der Waals surface area contributed by atoms with E-state index in [0.29, 0.717) is 12.8 Å². The van der Waals surface area contributed by atoms with Crippen LogP contribution in [0.3, 0.4) is 0 Å². The van der Waals surface area contributed by atoms with E-state index in [1.165, 1.54) is 250 Å². The van der Waals surface area contributed by atoms with Gasteiger partial charge in [0, 0.05) is 6.42 Å². The van der Waals surface area contributed by atoms with Crippen LogP contribution in [0.1, 0.15) is 348 Å². The van der Waals surface area contributed by atoms with Crippen molar-refractivity contribution in [1.82, 2.24) is 5.32 Å². The lowest BCUT2D eigenvalue weighted by Crippen LogP contribution is -2.66. The van der Waals surface area contributed by atoms with Crippen molar-refractivity contribution in [2.75, 3.05) is 26.4 Å². The number of unbranched alkanes of at least 4 members (excludes halogenated alkanes) is 44. The third-order valence-corrected chi connectivity index (χ3v) is 21.5. The predicted molar refractivity (Wildman–Crippen MR) is 429 cm³/mol. The van der Waals surface area contributed by atoms with Gasteiger partial charge in [-0.05, 0) is 70.6 Å². The lowest BCUT2D eigenvalue weighted by Gasteiger charge is -2.48. The molecule has 3 rings (SSSR count). The third kappa shape index (κ3) is 46.9. The van der Waals surface area contributed by atoms with Crippen LogP contribution in [0.4, 0.5) is 0 Å². The summed E-state index contributed by atoms with van der Waals surface area (Å²) in [5, 5.41) is 121. The lowest BCUT2D eigenvalue weighted by molar-refractivity contribution is -0.379. The van der Waals surface area contributed by atoms with Crippen molar-refractivity contribution in [2.24, 2.45) is 0 Å². The second kappa shape index (κ2) is 67.7. The van der Waals surface area contributed by atoms with Crippen LogP contribution in [-0.4, -0.2) is 193 Å². The summed E-state index contributed by atoms with van der Waals surface area (Å²) in [6, 6.07) is -0.994. The molecule has 107 heavy (non-hydrogen) atoms. The van der Waals surface area contributed by atoms with E-state index in [9.17, 15) is 61.0 Å². The van der Waals surface area contributed by atoms with Gasteiger partial charge >= 0.3 is 0 Å². The van der Waals surface area contributed by atoms with Gasteiger partial charge < -0.3 is 89.9 Å². The molecule has 19 nitrogen and oxygen atoms in total.